The van der Waals surface area contributed by atoms with Crippen LogP contribution in [0.5, 0.6) is 0 Å². The molecule has 1 rings (SSSR count). The summed E-state index contributed by atoms with van der Waals surface area (Å²) in [5, 5.41) is 0. The van der Waals surface area contributed by atoms with E-state index in [1.807, 2.05) is 0 Å². The first kappa shape index (κ1) is 17.2. The Kier molecular flexibility index (Phi) is 5.39. The van der Waals surface area contributed by atoms with E-state index >= 15 is 0 Å². The lowest BCUT2D eigenvalue weighted by atomic mass is 10.0. The van der Waals surface area contributed by atoms with Gasteiger partial charge in [0.15, 0.2) is 0 Å². The maximum atomic E-state index is 2.38. The van der Waals surface area contributed by atoms with Crippen molar-refractivity contribution >= 4 is 0 Å². The molecule has 0 spiro atoms. The van der Waals surface area contributed by atoms with Gasteiger partial charge in [-0.15, -0.1) is 0 Å². The van der Waals surface area contributed by atoms with Crippen LogP contribution in [0, 0.1) is 0 Å². The zero-order valence-corrected chi connectivity index (χ0v) is 14.6. The van der Waals surface area contributed by atoms with Crippen LogP contribution in [-0.2, 0) is 13.1 Å². The van der Waals surface area contributed by atoms with Crippen molar-refractivity contribution in [3.05, 3.63) is 35.4 Å². The van der Waals surface area contributed by atoms with Crippen LogP contribution in [-0.4, -0.2) is 35.0 Å². The van der Waals surface area contributed by atoms with Crippen LogP contribution in [0.4, 0.5) is 0 Å². The second kappa shape index (κ2) is 6.28. The molecule has 0 heterocycles. The van der Waals surface area contributed by atoms with Gasteiger partial charge in [-0.05, 0) is 66.8 Å². The Morgan fingerprint density at radius 3 is 1.10 bits per heavy atom. The normalized spacial score (nSPS) is 13.3. The Morgan fingerprint density at radius 1 is 0.650 bits per heavy atom. The molecule has 0 bridgehead atoms. The van der Waals surface area contributed by atoms with Crippen molar-refractivity contribution in [2.24, 2.45) is 0 Å². The first-order valence-electron chi connectivity index (χ1n) is 7.50. The zero-order valence-electron chi connectivity index (χ0n) is 14.6. The average molecular weight is 276 g/mol. The maximum Gasteiger partial charge on any atom is 0.0235 e. The van der Waals surface area contributed by atoms with Crippen LogP contribution in [0.2, 0.25) is 0 Å². The molecule has 0 saturated carbocycles. The SMILES string of the molecule is CN(Cc1ccc(CN(C)C(C)(C)C)cc1)C(C)(C)C. The predicted molar refractivity (Wildman–Crippen MR) is 88.9 cm³/mol. The maximum absolute atomic E-state index is 2.38. The summed E-state index contributed by atoms with van der Waals surface area (Å²) in [5.74, 6) is 0. The summed E-state index contributed by atoms with van der Waals surface area (Å²) >= 11 is 0. The molecule has 0 aliphatic heterocycles. The van der Waals surface area contributed by atoms with E-state index in [2.05, 4.69) is 89.7 Å². The van der Waals surface area contributed by atoms with Crippen molar-refractivity contribution < 1.29 is 0 Å². The molecule has 0 fully saturated rings. The highest BCUT2D eigenvalue weighted by Gasteiger charge is 2.18. The van der Waals surface area contributed by atoms with Crippen molar-refractivity contribution in [2.75, 3.05) is 14.1 Å². The summed E-state index contributed by atoms with van der Waals surface area (Å²) in [5.41, 5.74) is 3.19. The summed E-state index contributed by atoms with van der Waals surface area (Å²) in [4.78, 5) is 4.76. The number of rotatable bonds is 4. The van der Waals surface area contributed by atoms with E-state index in [9.17, 15) is 0 Å². The fraction of sp³-hybridized carbons (Fsp3) is 0.667. The fourth-order valence-corrected chi connectivity index (χ4v) is 1.77. The van der Waals surface area contributed by atoms with Crippen molar-refractivity contribution in [1.82, 2.24) is 9.80 Å². The molecule has 0 unspecified atom stereocenters. The van der Waals surface area contributed by atoms with Crippen LogP contribution in [0.1, 0.15) is 52.7 Å². The molecule has 0 saturated heterocycles. The summed E-state index contributed by atoms with van der Waals surface area (Å²) in [6.45, 7) is 15.5. The highest BCUT2D eigenvalue weighted by molar-refractivity contribution is 5.22. The lowest BCUT2D eigenvalue weighted by molar-refractivity contribution is 0.166. The van der Waals surface area contributed by atoms with Crippen LogP contribution >= 0.6 is 0 Å². The van der Waals surface area contributed by atoms with Crippen LogP contribution in [0.15, 0.2) is 24.3 Å². The van der Waals surface area contributed by atoms with Crippen LogP contribution in [0.3, 0.4) is 0 Å². The molecule has 0 aliphatic rings. The molecule has 0 N–H and O–H groups in total. The van der Waals surface area contributed by atoms with Gasteiger partial charge in [0.2, 0.25) is 0 Å². The smallest absolute Gasteiger partial charge is 0.0235 e. The Morgan fingerprint density at radius 2 is 0.900 bits per heavy atom. The number of hydrogen-bond acceptors (Lipinski definition) is 2. The molecule has 0 aliphatic carbocycles. The molecular formula is C18H32N2. The Hall–Kier alpha value is -0.860. The number of hydrogen-bond donors (Lipinski definition) is 0. The van der Waals surface area contributed by atoms with Gasteiger partial charge in [0.05, 0.1) is 0 Å². The summed E-state index contributed by atoms with van der Waals surface area (Å²) in [7, 11) is 4.36. The third-order valence-corrected chi connectivity index (χ3v) is 4.15. The van der Waals surface area contributed by atoms with E-state index < -0.39 is 0 Å². The largest absolute Gasteiger partial charge is 0.297 e. The quantitative estimate of drug-likeness (QED) is 0.815. The Bertz CT molecular complexity index is 366. The first-order valence-corrected chi connectivity index (χ1v) is 7.50. The van der Waals surface area contributed by atoms with Gasteiger partial charge in [-0.1, -0.05) is 24.3 Å². The van der Waals surface area contributed by atoms with Crippen LogP contribution < -0.4 is 0 Å². The molecule has 20 heavy (non-hydrogen) atoms. The summed E-state index contributed by atoms with van der Waals surface area (Å²) in [6.07, 6.45) is 0. The zero-order chi connectivity index (χ0) is 15.6. The van der Waals surface area contributed by atoms with Gasteiger partial charge >= 0.3 is 0 Å². The van der Waals surface area contributed by atoms with E-state index in [-0.39, 0.29) is 11.1 Å². The van der Waals surface area contributed by atoms with Gasteiger partial charge in [-0.25, -0.2) is 0 Å². The molecule has 0 aromatic heterocycles. The molecule has 1 aromatic carbocycles. The van der Waals surface area contributed by atoms with Gasteiger partial charge in [0.25, 0.3) is 0 Å². The lowest BCUT2D eigenvalue weighted by Crippen LogP contribution is -2.37. The second-order valence-corrected chi connectivity index (χ2v) is 7.87. The third kappa shape index (κ3) is 5.26. The van der Waals surface area contributed by atoms with E-state index in [0.29, 0.717) is 0 Å². The minimum atomic E-state index is 0.213. The molecule has 1 aromatic rings. The van der Waals surface area contributed by atoms with Gasteiger partial charge < -0.3 is 0 Å². The van der Waals surface area contributed by atoms with Crippen molar-refractivity contribution in [3.63, 3.8) is 0 Å². The van der Waals surface area contributed by atoms with Crippen LogP contribution in [0.25, 0.3) is 0 Å². The summed E-state index contributed by atoms with van der Waals surface area (Å²) < 4.78 is 0. The van der Waals surface area contributed by atoms with E-state index in [1.54, 1.807) is 0 Å². The predicted octanol–water partition coefficient (Wildman–Crippen LogP) is 4.15. The van der Waals surface area contributed by atoms with Gasteiger partial charge in [-0.2, -0.15) is 0 Å². The van der Waals surface area contributed by atoms with Gasteiger partial charge in [0, 0.05) is 24.2 Å². The summed E-state index contributed by atoms with van der Waals surface area (Å²) in [6, 6.07) is 9.03. The highest BCUT2D eigenvalue weighted by Crippen LogP contribution is 2.17. The second-order valence-electron chi connectivity index (χ2n) is 7.87. The van der Waals surface area contributed by atoms with Gasteiger partial charge in [0.1, 0.15) is 0 Å². The fourth-order valence-electron chi connectivity index (χ4n) is 1.77. The Balaban J connectivity index is 2.66. The van der Waals surface area contributed by atoms with Crippen molar-refractivity contribution in [1.29, 1.82) is 0 Å². The lowest BCUT2D eigenvalue weighted by Gasteiger charge is -2.32. The highest BCUT2D eigenvalue weighted by atomic mass is 15.2. The molecule has 0 atom stereocenters. The first-order chi connectivity index (χ1) is 9.00. The molecule has 0 radical (unpaired) electrons. The van der Waals surface area contributed by atoms with Gasteiger partial charge in [-0.3, -0.25) is 9.80 Å². The molecular weight excluding hydrogens is 244 g/mol. The van der Waals surface area contributed by atoms with E-state index in [0.717, 1.165) is 13.1 Å². The Labute approximate surface area is 125 Å². The van der Waals surface area contributed by atoms with E-state index in [4.69, 9.17) is 0 Å². The monoisotopic (exact) mass is 276 g/mol. The van der Waals surface area contributed by atoms with Crippen molar-refractivity contribution in [2.45, 2.75) is 65.7 Å². The number of nitrogens with zero attached hydrogens (tertiary/aromatic N) is 2. The standard InChI is InChI=1S/C18H32N2/c1-17(2,3)19(7)13-15-9-11-16(12-10-15)14-20(8)18(4,5)6/h9-12H,13-14H2,1-8H3. The topological polar surface area (TPSA) is 6.48 Å². The molecule has 2 heteroatoms. The molecule has 114 valence electrons. The van der Waals surface area contributed by atoms with Crippen molar-refractivity contribution in [3.8, 4) is 0 Å². The minimum absolute atomic E-state index is 0.213. The third-order valence-electron chi connectivity index (χ3n) is 4.15. The molecule has 0 amide bonds. The minimum Gasteiger partial charge on any atom is -0.297 e. The van der Waals surface area contributed by atoms with E-state index in [1.165, 1.54) is 11.1 Å². The average Bonchev–Trinajstić information content (AvgIpc) is 2.29. The molecule has 2 nitrogen and oxygen atoms in total. The number of benzene rings is 1.